The molecular weight excluding hydrogens is 216 g/mol. The summed E-state index contributed by atoms with van der Waals surface area (Å²) < 4.78 is 7.68. The number of imidazole rings is 1. The largest absolute Gasteiger partial charge is 0.381 e. The number of ether oxygens (including phenoxy) is 1. The van der Waals surface area contributed by atoms with Crippen LogP contribution in [-0.4, -0.2) is 28.8 Å². The van der Waals surface area contributed by atoms with Crippen molar-refractivity contribution in [2.24, 2.45) is 11.8 Å². The molecule has 0 amide bonds. The summed E-state index contributed by atoms with van der Waals surface area (Å²) in [5.41, 5.74) is 2.93. The first kappa shape index (κ1) is 12.5. The van der Waals surface area contributed by atoms with Crippen LogP contribution in [0.5, 0.6) is 0 Å². The highest BCUT2D eigenvalue weighted by atomic mass is 16.5. The quantitative estimate of drug-likeness (QED) is 0.585. The van der Waals surface area contributed by atoms with Crippen LogP contribution in [-0.2, 0) is 17.7 Å². The van der Waals surface area contributed by atoms with E-state index in [1.54, 1.807) is 0 Å². The van der Waals surface area contributed by atoms with Crippen LogP contribution in [0.15, 0.2) is 12.4 Å². The molecule has 3 N–H and O–H groups in total. The molecule has 0 aliphatic carbocycles. The van der Waals surface area contributed by atoms with E-state index < -0.39 is 0 Å². The first-order valence-corrected chi connectivity index (χ1v) is 6.39. The van der Waals surface area contributed by atoms with Crippen molar-refractivity contribution in [1.29, 1.82) is 0 Å². The Morgan fingerprint density at radius 3 is 3.24 bits per heavy atom. The summed E-state index contributed by atoms with van der Waals surface area (Å²) in [5.74, 6) is 7.26. The second kappa shape index (κ2) is 6.14. The van der Waals surface area contributed by atoms with E-state index in [4.69, 9.17) is 10.6 Å². The Bertz CT molecular complexity index is 333. The maximum Gasteiger partial charge on any atom is 0.110 e. The Morgan fingerprint density at radius 2 is 2.59 bits per heavy atom. The van der Waals surface area contributed by atoms with Gasteiger partial charge in [-0.1, -0.05) is 0 Å². The molecule has 1 aliphatic heterocycles. The zero-order valence-electron chi connectivity index (χ0n) is 10.4. The Kier molecular flexibility index (Phi) is 4.53. The molecule has 0 bridgehead atoms. The predicted octanol–water partition coefficient (Wildman–Crippen LogP) is 0.704. The maximum absolute atomic E-state index is 5.67. The van der Waals surface area contributed by atoms with E-state index in [0.717, 1.165) is 38.4 Å². The van der Waals surface area contributed by atoms with Crippen molar-refractivity contribution in [2.75, 3.05) is 13.2 Å². The number of aryl methyl sites for hydroxylation is 1. The lowest BCUT2D eigenvalue weighted by Gasteiger charge is -2.29. The Labute approximate surface area is 102 Å². The minimum atomic E-state index is 0.253. The molecule has 2 unspecified atom stereocenters. The topological polar surface area (TPSA) is 65.1 Å². The van der Waals surface area contributed by atoms with E-state index in [1.165, 1.54) is 6.42 Å². The van der Waals surface area contributed by atoms with Crippen molar-refractivity contribution >= 4 is 0 Å². The minimum Gasteiger partial charge on any atom is -0.381 e. The first-order chi connectivity index (χ1) is 8.35. The van der Waals surface area contributed by atoms with Gasteiger partial charge in [0, 0.05) is 38.0 Å². The van der Waals surface area contributed by atoms with Crippen LogP contribution >= 0.6 is 0 Å². The predicted molar refractivity (Wildman–Crippen MR) is 66.3 cm³/mol. The van der Waals surface area contributed by atoms with Crippen LogP contribution in [0.1, 0.15) is 25.6 Å². The van der Waals surface area contributed by atoms with Crippen molar-refractivity contribution in [2.45, 2.75) is 38.8 Å². The Morgan fingerprint density at radius 1 is 1.71 bits per heavy atom. The molecule has 1 aliphatic rings. The fourth-order valence-electron chi connectivity index (χ4n) is 2.46. The summed E-state index contributed by atoms with van der Waals surface area (Å²) in [5, 5.41) is 0. The molecule has 1 fully saturated rings. The maximum atomic E-state index is 5.67. The molecule has 0 radical (unpaired) electrons. The molecule has 5 nitrogen and oxygen atoms in total. The van der Waals surface area contributed by atoms with Gasteiger partial charge in [0.05, 0.1) is 6.61 Å². The monoisotopic (exact) mass is 238 g/mol. The summed E-state index contributed by atoms with van der Waals surface area (Å²) >= 11 is 0. The van der Waals surface area contributed by atoms with Crippen LogP contribution in [0.2, 0.25) is 0 Å². The van der Waals surface area contributed by atoms with E-state index in [-0.39, 0.29) is 6.04 Å². The molecule has 5 heteroatoms. The van der Waals surface area contributed by atoms with E-state index in [2.05, 4.69) is 21.9 Å². The molecule has 0 saturated carbocycles. The fraction of sp³-hybridized carbons (Fsp3) is 0.750. The molecule has 2 atom stereocenters. The van der Waals surface area contributed by atoms with Gasteiger partial charge in [0.2, 0.25) is 0 Å². The second-order valence-electron chi connectivity index (χ2n) is 4.58. The van der Waals surface area contributed by atoms with Gasteiger partial charge in [-0.05, 0) is 25.7 Å². The van der Waals surface area contributed by atoms with Crippen LogP contribution in [0.25, 0.3) is 0 Å². The third-order valence-electron chi connectivity index (χ3n) is 3.52. The molecule has 17 heavy (non-hydrogen) atoms. The number of hydrazine groups is 1. The summed E-state index contributed by atoms with van der Waals surface area (Å²) in [6.45, 7) is 4.77. The summed E-state index contributed by atoms with van der Waals surface area (Å²) in [6.07, 6.45) is 7.04. The van der Waals surface area contributed by atoms with Crippen molar-refractivity contribution in [3.63, 3.8) is 0 Å². The highest BCUT2D eigenvalue weighted by molar-refractivity contribution is 4.96. The van der Waals surface area contributed by atoms with Crippen molar-refractivity contribution in [3.8, 4) is 0 Å². The normalized spacial score (nSPS) is 22.6. The number of nitrogens with one attached hydrogen (secondary N) is 1. The average Bonchev–Trinajstić information content (AvgIpc) is 2.84. The summed E-state index contributed by atoms with van der Waals surface area (Å²) in [4.78, 5) is 4.40. The number of nitrogens with zero attached hydrogens (tertiary/aromatic N) is 2. The number of hydrogen-bond acceptors (Lipinski definition) is 4. The molecular formula is C12H22N4O. The standard InChI is InChI=1S/C12H22N4O/c1-2-16-6-5-14-12(16)8-11(15-13)10-4-3-7-17-9-10/h5-6,10-11,15H,2-4,7-9,13H2,1H3. The third kappa shape index (κ3) is 3.06. The van der Waals surface area contributed by atoms with Crippen molar-refractivity contribution < 1.29 is 4.74 Å². The minimum absolute atomic E-state index is 0.253. The molecule has 1 aromatic heterocycles. The zero-order valence-corrected chi connectivity index (χ0v) is 10.4. The molecule has 0 aromatic carbocycles. The van der Waals surface area contributed by atoms with Crippen molar-refractivity contribution in [3.05, 3.63) is 18.2 Å². The van der Waals surface area contributed by atoms with Gasteiger partial charge < -0.3 is 9.30 Å². The van der Waals surface area contributed by atoms with Crippen LogP contribution in [0.3, 0.4) is 0 Å². The summed E-state index contributed by atoms with van der Waals surface area (Å²) in [7, 11) is 0. The van der Waals surface area contributed by atoms with Crippen LogP contribution < -0.4 is 11.3 Å². The fourth-order valence-corrected chi connectivity index (χ4v) is 2.46. The van der Waals surface area contributed by atoms with Crippen LogP contribution in [0, 0.1) is 5.92 Å². The molecule has 96 valence electrons. The average molecular weight is 238 g/mol. The van der Waals surface area contributed by atoms with Crippen LogP contribution in [0.4, 0.5) is 0 Å². The Hall–Kier alpha value is -0.910. The van der Waals surface area contributed by atoms with E-state index >= 15 is 0 Å². The van der Waals surface area contributed by atoms with E-state index in [0.29, 0.717) is 5.92 Å². The van der Waals surface area contributed by atoms with Gasteiger partial charge in [-0.15, -0.1) is 0 Å². The molecule has 2 rings (SSSR count). The number of nitrogens with two attached hydrogens (primary N) is 1. The van der Waals surface area contributed by atoms with E-state index in [9.17, 15) is 0 Å². The number of hydrogen-bond donors (Lipinski definition) is 2. The lowest BCUT2D eigenvalue weighted by atomic mass is 9.92. The van der Waals surface area contributed by atoms with Gasteiger partial charge in [0.15, 0.2) is 0 Å². The smallest absolute Gasteiger partial charge is 0.110 e. The van der Waals surface area contributed by atoms with Crippen molar-refractivity contribution in [1.82, 2.24) is 15.0 Å². The van der Waals surface area contributed by atoms with Gasteiger partial charge in [-0.25, -0.2) is 4.98 Å². The van der Waals surface area contributed by atoms with Gasteiger partial charge in [-0.3, -0.25) is 11.3 Å². The molecule has 2 heterocycles. The van der Waals surface area contributed by atoms with Gasteiger partial charge in [-0.2, -0.15) is 0 Å². The lowest BCUT2D eigenvalue weighted by molar-refractivity contribution is 0.0389. The SMILES string of the molecule is CCn1ccnc1CC(NN)C1CCCOC1. The number of aromatic nitrogens is 2. The molecule has 0 spiro atoms. The third-order valence-corrected chi connectivity index (χ3v) is 3.52. The highest BCUT2D eigenvalue weighted by Crippen LogP contribution is 2.19. The van der Waals surface area contributed by atoms with Gasteiger partial charge in [0.1, 0.15) is 5.82 Å². The molecule has 1 aromatic rings. The zero-order chi connectivity index (χ0) is 12.1. The highest BCUT2D eigenvalue weighted by Gasteiger charge is 2.24. The van der Waals surface area contributed by atoms with Gasteiger partial charge >= 0.3 is 0 Å². The van der Waals surface area contributed by atoms with E-state index in [1.807, 2.05) is 12.4 Å². The molecule has 1 saturated heterocycles. The lowest BCUT2D eigenvalue weighted by Crippen LogP contribution is -2.45. The second-order valence-corrected chi connectivity index (χ2v) is 4.58. The first-order valence-electron chi connectivity index (χ1n) is 6.39. The summed E-state index contributed by atoms with van der Waals surface area (Å²) in [6, 6.07) is 0.253. The number of rotatable bonds is 5. The van der Waals surface area contributed by atoms with Gasteiger partial charge in [0.25, 0.3) is 0 Å². The Balaban J connectivity index is 1.98.